The molecule has 5 nitrogen and oxygen atoms in total. The smallest absolute Gasteiger partial charge is 0.230 e. The van der Waals surface area contributed by atoms with Crippen LogP contribution in [-0.2, 0) is 9.59 Å². The molecule has 2 heterocycles. The Morgan fingerprint density at radius 2 is 1.91 bits per heavy atom. The third kappa shape index (κ3) is 3.87. The molecule has 1 spiro atoms. The molecular weight excluding hydrogens is 290 g/mol. The van der Waals surface area contributed by atoms with Crippen molar-refractivity contribution in [2.45, 2.75) is 57.8 Å². The predicted molar refractivity (Wildman–Crippen MR) is 89.7 cm³/mol. The highest BCUT2D eigenvalue weighted by Gasteiger charge is 2.48. The highest BCUT2D eigenvalue weighted by Crippen LogP contribution is 2.40. The van der Waals surface area contributed by atoms with Crippen LogP contribution in [0.3, 0.4) is 0 Å². The standard InChI is InChI=1S/C18H31N3O2/c19-16(22)7-11-20-12-9-18(14-20)8-4-10-21(17(18)23)13-15-5-2-1-3-6-15/h15H,1-14H2,(H2,19,22)/t18-/m0/s1. The zero-order valence-corrected chi connectivity index (χ0v) is 14.3. The first-order valence-corrected chi connectivity index (χ1v) is 9.39. The Bertz CT molecular complexity index is 448. The van der Waals surface area contributed by atoms with Gasteiger partial charge in [-0.3, -0.25) is 9.59 Å². The van der Waals surface area contributed by atoms with Gasteiger partial charge in [0.05, 0.1) is 5.41 Å². The van der Waals surface area contributed by atoms with Crippen LogP contribution in [0.5, 0.6) is 0 Å². The van der Waals surface area contributed by atoms with Crippen LogP contribution in [0.2, 0.25) is 0 Å². The SMILES string of the molecule is NC(=O)CCN1CC[C@@]2(CCCN(CC3CCCCC3)C2=O)C1. The molecule has 130 valence electrons. The normalized spacial score (nSPS) is 30.3. The minimum absolute atomic E-state index is 0.176. The summed E-state index contributed by atoms with van der Waals surface area (Å²) < 4.78 is 0. The fourth-order valence-electron chi connectivity index (χ4n) is 4.80. The first kappa shape index (κ1) is 16.7. The van der Waals surface area contributed by atoms with Crippen molar-refractivity contribution in [2.75, 3.05) is 32.7 Å². The van der Waals surface area contributed by atoms with Crippen LogP contribution in [-0.4, -0.2) is 54.3 Å². The van der Waals surface area contributed by atoms with Crippen molar-refractivity contribution in [3.63, 3.8) is 0 Å². The second-order valence-electron chi connectivity index (χ2n) is 7.88. The summed E-state index contributed by atoms with van der Waals surface area (Å²) in [5.41, 5.74) is 5.08. The lowest BCUT2D eigenvalue weighted by molar-refractivity contribution is -0.146. The summed E-state index contributed by atoms with van der Waals surface area (Å²) in [6, 6.07) is 0. The molecule has 0 aromatic heterocycles. The average Bonchev–Trinajstić information content (AvgIpc) is 2.95. The molecule has 0 radical (unpaired) electrons. The molecule has 0 aromatic rings. The molecule has 2 aliphatic heterocycles. The first-order valence-electron chi connectivity index (χ1n) is 9.39. The van der Waals surface area contributed by atoms with Crippen molar-refractivity contribution >= 4 is 11.8 Å². The number of nitrogens with two attached hydrogens (primary N) is 1. The molecule has 0 unspecified atom stereocenters. The molecule has 1 saturated carbocycles. The van der Waals surface area contributed by atoms with Crippen LogP contribution in [0.15, 0.2) is 0 Å². The van der Waals surface area contributed by atoms with Crippen molar-refractivity contribution in [1.82, 2.24) is 9.80 Å². The molecule has 2 saturated heterocycles. The van der Waals surface area contributed by atoms with Gasteiger partial charge in [-0.2, -0.15) is 0 Å². The molecule has 1 atom stereocenters. The summed E-state index contributed by atoms with van der Waals surface area (Å²) in [6.45, 7) is 4.36. The van der Waals surface area contributed by atoms with E-state index in [1.807, 2.05) is 0 Å². The number of carbonyl (C=O) groups is 2. The van der Waals surface area contributed by atoms with Crippen LogP contribution < -0.4 is 5.73 Å². The number of rotatable bonds is 5. The Morgan fingerprint density at radius 1 is 1.13 bits per heavy atom. The van der Waals surface area contributed by atoms with Gasteiger partial charge in [-0.1, -0.05) is 19.3 Å². The van der Waals surface area contributed by atoms with Gasteiger partial charge >= 0.3 is 0 Å². The second kappa shape index (κ2) is 7.20. The van der Waals surface area contributed by atoms with Crippen LogP contribution in [0.4, 0.5) is 0 Å². The molecular formula is C18H31N3O2. The third-order valence-electron chi connectivity index (χ3n) is 6.13. The zero-order chi connectivity index (χ0) is 16.3. The summed E-state index contributed by atoms with van der Waals surface area (Å²) in [5, 5.41) is 0. The fourth-order valence-corrected chi connectivity index (χ4v) is 4.80. The number of primary amides is 1. The van der Waals surface area contributed by atoms with Crippen molar-refractivity contribution in [3.8, 4) is 0 Å². The first-order chi connectivity index (χ1) is 11.1. The van der Waals surface area contributed by atoms with Gasteiger partial charge in [-0.25, -0.2) is 0 Å². The van der Waals surface area contributed by atoms with E-state index in [0.29, 0.717) is 18.9 Å². The summed E-state index contributed by atoms with van der Waals surface area (Å²) in [7, 11) is 0. The second-order valence-corrected chi connectivity index (χ2v) is 7.88. The van der Waals surface area contributed by atoms with Crippen LogP contribution >= 0.6 is 0 Å². The van der Waals surface area contributed by atoms with E-state index in [-0.39, 0.29) is 11.3 Å². The molecule has 5 heteroatoms. The van der Waals surface area contributed by atoms with E-state index in [2.05, 4.69) is 9.80 Å². The van der Waals surface area contributed by atoms with Crippen molar-refractivity contribution < 1.29 is 9.59 Å². The number of hydrogen-bond donors (Lipinski definition) is 1. The molecule has 3 rings (SSSR count). The number of carbonyl (C=O) groups excluding carboxylic acids is 2. The summed E-state index contributed by atoms with van der Waals surface area (Å²) >= 11 is 0. The molecule has 2 N–H and O–H groups in total. The molecule has 0 aromatic carbocycles. The Morgan fingerprint density at radius 3 is 2.65 bits per heavy atom. The van der Waals surface area contributed by atoms with Crippen LogP contribution in [0, 0.1) is 11.3 Å². The largest absolute Gasteiger partial charge is 0.370 e. The Hall–Kier alpha value is -1.10. The minimum atomic E-state index is -0.250. The van der Waals surface area contributed by atoms with Gasteiger partial charge in [-0.15, -0.1) is 0 Å². The fraction of sp³-hybridized carbons (Fsp3) is 0.889. The third-order valence-corrected chi connectivity index (χ3v) is 6.13. The molecule has 3 fully saturated rings. The van der Waals surface area contributed by atoms with Gasteiger partial charge in [0, 0.05) is 32.6 Å². The van der Waals surface area contributed by atoms with Gasteiger partial charge in [-0.05, 0) is 44.6 Å². The summed E-state index contributed by atoms with van der Waals surface area (Å²) in [5.74, 6) is 0.853. The molecule has 0 bridgehead atoms. The Labute approximate surface area is 139 Å². The van der Waals surface area contributed by atoms with E-state index in [0.717, 1.165) is 51.4 Å². The zero-order valence-electron chi connectivity index (χ0n) is 14.3. The van der Waals surface area contributed by atoms with Crippen LogP contribution in [0.25, 0.3) is 0 Å². The minimum Gasteiger partial charge on any atom is -0.370 e. The van der Waals surface area contributed by atoms with E-state index in [9.17, 15) is 9.59 Å². The number of likely N-dealkylation sites (tertiary alicyclic amines) is 2. The summed E-state index contributed by atoms with van der Waals surface area (Å²) in [6.07, 6.45) is 10.1. The number of nitrogens with zero attached hydrogens (tertiary/aromatic N) is 2. The van der Waals surface area contributed by atoms with Gasteiger partial charge in [0.15, 0.2) is 0 Å². The van der Waals surface area contributed by atoms with E-state index in [1.54, 1.807) is 0 Å². The van der Waals surface area contributed by atoms with Crippen molar-refractivity contribution in [3.05, 3.63) is 0 Å². The summed E-state index contributed by atoms with van der Waals surface area (Å²) in [4.78, 5) is 28.5. The topological polar surface area (TPSA) is 66.6 Å². The lowest BCUT2D eigenvalue weighted by Gasteiger charge is -2.41. The predicted octanol–water partition coefficient (Wildman–Crippen LogP) is 1.76. The maximum Gasteiger partial charge on any atom is 0.230 e. The quantitative estimate of drug-likeness (QED) is 0.839. The van der Waals surface area contributed by atoms with Gasteiger partial charge in [0.1, 0.15) is 0 Å². The molecule has 3 aliphatic rings. The lowest BCUT2D eigenvalue weighted by Crippen LogP contribution is -2.51. The van der Waals surface area contributed by atoms with E-state index < -0.39 is 0 Å². The Kier molecular flexibility index (Phi) is 5.24. The monoisotopic (exact) mass is 321 g/mol. The number of hydrogen-bond acceptors (Lipinski definition) is 3. The van der Waals surface area contributed by atoms with E-state index >= 15 is 0 Å². The molecule has 2 amide bonds. The number of amides is 2. The molecule has 23 heavy (non-hydrogen) atoms. The van der Waals surface area contributed by atoms with Gasteiger partial charge in [0.2, 0.25) is 11.8 Å². The number of piperidine rings is 1. The average molecular weight is 321 g/mol. The molecule has 1 aliphatic carbocycles. The van der Waals surface area contributed by atoms with Gasteiger partial charge in [0.25, 0.3) is 0 Å². The van der Waals surface area contributed by atoms with E-state index in [4.69, 9.17) is 5.73 Å². The lowest BCUT2D eigenvalue weighted by atomic mass is 9.77. The maximum atomic E-state index is 13.1. The van der Waals surface area contributed by atoms with Crippen LogP contribution in [0.1, 0.15) is 57.8 Å². The van der Waals surface area contributed by atoms with Crippen molar-refractivity contribution in [1.29, 1.82) is 0 Å². The Balaban J connectivity index is 1.57. The van der Waals surface area contributed by atoms with Crippen molar-refractivity contribution in [2.24, 2.45) is 17.1 Å². The maximum absolute atomic E-state index is 13.1. The van der Waals surface area contributed by atoms with E-state index in [1.165, 1.54) is 32.1 Å². The highest BCUT2D eigenvalue weighted by atomic mass is 16.2. The van der Waals surface area contributed by atoms with Gasteiger partial charge < -0.3 is 15.5 Å². The highest BCUT2D eigenvalue weighted by molar-refractivity contribution is 5.84.